The Balaban J connectivity index is 0.000000644. The third-order valence-electron chi connectivity index (χ3n) is 10.7. The van der Waals surface area contributed by atoms with Gasteiger partial charge < -0.3 is 19.6 Å². The summed E-state index contributed by atoms with van der Waals surface area (Å²) in [5.41, 5.74) is 1.75. The van der Waals surface area contributed by atoms with E-state index < -0.39 is 12.1 Å². The van der Waals surface area contributed by atoms with Crippen molar-refractivity contribution in [2.24, 2.45) is 11.8 Å². The van der Waals surface area contributed by atoms with Crippen molar-refractivity contribution in [3.05, 3.63) is 34.6 Å². The molecule has 8 nitrogen and oxygen atoms in total. The molecule has 4 fully saturated rings. The zero-order valence-corrected chi connectivity index (χ0v) is 28.0. The number of alkyl halides is 3. The SMILES string of the molecule is CCCCC1CN(CC2CCCCC2)C(=O)OC12CCN(C1CCN(C(=O)c3c(C)cc(F)cc3C)CC1)CC2.O=C(O)C(F)(F)F. The van der Waals surface area contributed by atoms with Crippen molar-refractivity contribution >= 4 is 18.0 Å². The molecule has 2 amide bonds. The predicted octanol–water partition coefficient (Wildman–Crippen LogP) is 7.35. The van der Waals surface area contributed by atoms with E-state index >= 15 is 0 Å². The van der Waals surface area contributed by atoms with Gasteiger partial charge in [0.2, 0.25) is 0 Å². The molecule has 1 spiro atoms. The lowest BCUT2D eigenvalue weighted by molar-refractivity contribution is -0.192. The Bertz CT molecular complexity index is 1210. The smallest absolute Gasteiger partial charge is 0.475 e. The summed E-state index contributed by atoms with van der Waals surface area (Å²) in [4.78, 5) is 42.0. The summed E-state index contributed by atoms with van der Waals surface area (Å²) in [7, 11) is 0. The fourth-order valence-electron chi connectivity index (χ4n) is 8.08. The van der Waals surface area contributed by atoms with Gasteiger partial charge >= 0.3 is 18.2 Å². The molecular weight excluding hydrogens is 618 g/mol. The molecule has 1 saturated carbocycles. The van der Waals surface area contributed by atoms with Crippen molar-refractivity contribution in [1.82, 2.24) is 14.7 Å². The molecule has 1 aromatic rings. The van der Waals surface area contributed by atoms with Crippen LogP contribution in [0.25, 0.3) is 0 Å². The molecule has 0 aromatic heterocycles. The molecule has 3 heterocycles. The van der Waals surface area contributed by atoms with Gasteiger partial charge in [-0.3, -0.25) is 9.69 Å². The molecule has 1 N–H and O–H groups in total. The Morgan fingerprint density at radius 1 is 0.979 bits per heavy atom. The molecule has 4 aliphatic rings. The van der Waals surface area contributed by atoms with E-state index in [1.54, 1.807) is 0 Å². The van der Waals surface area contributed by atoms with Gasteiger partial charge in [-0.1, -0.05) is 39.0 Å². The minimum Gasteiger partial charge on any atom is -0.475 e. The summed E-state index contributed by atoms with van der Waals surface area (Å²) in [5, 5.41) is 7.12. The summed E-state index contributed by atoms with van der Waals surface area (Å²) >= 11 is 0. The van der Waals surface area contributed by atoms with E-state index in [-0.39, 0.29) is 23.4 Å². The van der Waals surface area contributed by atoms with Crippen LogP contribution >= 0.6 is 0 Å². The van der Waals surface area contributed by atoms with Crippen molar-refractivity contribution in [2.75, 3.05) is 39.3 Å². The first-order valence-corrected chi connectivity index (χ1v) is 17.3. The first-order chi connectivity index (χ1) is 22.2. The van der Waals surface area contributed by atoms with Gasteiger partial charge in [-0.2, -0.15) is 13.2 Å². The molecule has 0 bridgehead atoms. The molecule has 3 saturated heterocycles. The number of halogens is 4. The summed E-state index contributed by atoms with van der Waals surface area (Å²) in [6.07, 6.45) is 8.48. The zero-order valence-electron chi connectivity index (χ0n) is 28.0. The Hall–Kier alpha value is -2.89. The second-order valence-corrected chi connectivity index (χ2v) is 14.0. The van der Waals surface area contributed by atoms with Gasteiger partial charge in [-0.25, -0.2) is 14.0 Å². The number of piperidine rings is 2. The number of aryl methyl sites for hydroxylation is 2. The summed E-state index contributed by atoms with van der Waals surface area (Å²) in [5.74, 6) is -1.97. The normalized spacial score (nSPS) is 22.9. The monoisotopic (exact) mass is 669 g/mol. The number of benzene rings is 1. The van der Waals surface area contributed by atoms with Gasteiger partial charge in [0.25, 0.3) is 5.91 Å². The number of nitrogens with zero attached hydrogens (tertiary/aromatic N) is 3. The quantitative estimate of drug-likeness (QED) is 0.306. The van der Waals surface area contributed by atoms with E-state index in [9.17, 15) is 27.2 Å². The number of carboxylic acid groups (broad SMARTS) is 1. The Morgan fingerprint density at radius 3 is 2.09 bits per heavy atom. The first kappa shape index (κ1) is 36.9. The number of hydrogen-bond donors (Lipinski definition) is 1. The molecule has 12 heteroatoms. The highest BCUT2D eigenvalue weighted by atomic mass is 19.4. The van der Waals surface area contributed by atoms with Crippen molar-refractivity contribution in [3.63, 3.8) is 0 Å². The second-order valence-electron chi connectivity index (χ2n) is 14.0. The Kier molecular flexibility index (Phi) is 12.6. The number of carboxylic acids is 1. The lowest BCUT2D eigenvalue weighted by Gasteiger charge is -2.52. The average Bonchev–Trinajstić information content (AvgIpc) is 3.02. The van der Waals surface area contributed by atoms with Crippen molar-refractivity contribution in [2.45, 2.75) is 116 Å². The molecular formula is C35H51F4N3O5. The first-order valence-electron chi connectivity index (χ1n) is 17.3. The topological polar surface area (TPSA) is 90.4 Å². The number of ether oxygens (including phenoxy) is 1. The fraction of sp³-hybridized carbons (Fsp3) is 0.743. The molecule has 1 aromatic carbocycles. The Morgan fingerprint density at radius 2 is 1.55 bits per heavy atom. The molecule has 264 valence electrons. The van der Waals surface area contributed by atoms with Crippen molar-refractivity contribution < 1.29 is 41.8 Å². The van der Waals surface area contributed by atoms with Crippen LogP contribution in [0.15, 0.2) is 12.1 Å². The number of amides is 2. The van der Waals surface area contributed by atoms with Gasteiger partial charge in [-0.05, 0) is 75.1 Å². The molecule has 47 heavy (non-hydrogen) atoms. The highest BCUT2D eigenvalue weighted by Crippen LogP contribution is 2.42. The number of rotatable bonds is 7. The highest BCUT2D eigenvalue weighted by molar-refractivity contribution is 5.97. The maximum atomic E-state index is 13.8. The van der Waals surface area contributed by atoms with Gasteiger partial charge in [-0.15, -0.1) is 0 Å². The average molecular weight is 670 g/mol. The minimum atomic E-state index is -5.08. The lowest BCUT2D eigenvalue weighted by atomic mass is 9.75. The molecule has 0 radical (unpaired) electrons. The largest absolute Gasteiger partial charge is 0.490 e. The van der Waals surface area contributed by atoms with Gasteiger partial charge in [0, 0.05) is 69.6 Å². The molecule has 3 aliphatic heterocycles. The third-order valence-corrected chi connectivity index (χ3v) is 10.7. The van der Waals surface area contributed by atoms with E-state index in [2.05, 4.69) is 11.8 Å². The van der Waals surface area contributed by atoms with Gasteiger partial charge in [0.15, 0.2) is 0 Å². The number of unbranched alkanes of at least 4 members (excludes halogenated alkanes) is 1. The minimum absolute atomic E-state index is 0.0247. The van der Waals surface area contributed by atoms with Crippen molar-refractivity contribution in [1.29, 1.82) is 0 Å². The van der Waals surface area contributed by atoms with Crippen molar-refractivity contribution in [3.8, 4) is 0 Å². The number of likely N-dealkylation sites (tertiary alicyclic amines) is 2. The number of carbonyl (C=O) groups excluding carboxylic acids is 2. The maximum Gasteiger partial charge on any atom is 0.490 e. The predicted molar refractivity (Wildman–Crippen MR) is 170 cm³/mol. The number of hydrogen-bond acceptors (Lipinski definition) is 5. The van der Waals surface area contributed by atoms with E-state index in [4.69, 9.17) is 14.6 Å². The highest BCUT2D eigenvalue weighted by Gasteiger charge is 2.50. The van der Waals surface area contributed by atoms with Crippen LogP contribution in [0, 0.1) is 31.5 Å². The van der Waals surface area contributed by atoms with Crippen LogP contribution in [0.5, 0.6) is 0 Å². The second kappa shape index (κ2) is 16.0. The van der Waals surface area contributed by atoms with Gasteiger partial charge in [0.05, 0.1) is 0 Å². The number of aliphatic carboxylic acids is 1. The number of carbonyl (C=O) groups is 3. The molecule has 1 aliphatic carbocycles. The third kappa shape index (κ3) is 9.38. The zero-order chi connectivity index (χ0) is 34.4. The van der Waals surface area contributed by atoms with Crippen LogP contribution < -0.4 is 0 Å². The van der Waals surface area contributed by atoms with Gasteiger partial charge in [0.1, 0.15) is 11.4 Å². The summed E-state index contributed by atoms with van der Waals surface area (Å²) < 4.78 is 51.9. The fourth-order valence-corrected chi connectivity index (χ4v) is 8.08. The van der Waals surface area contributed by atoms with Crippen LogP contribution in [-0.2, 0) is 9.53 Å². The van der Waals surface area contributed by atoms with Crippen LogP contribution in [0.2, 0.25) is 0 Å². The van der Waals surface area contributed by atoms with E-state index in [0.717, 1.165) is 71.4 Å². The Labute approximate surface area is 275 Å². The maximum absolute atomic E-state index is 13.8. The molecule has 1 atom stereocenters. The van der Waals surface area contributed by atoms with Crippen LogP contribution in [0.1, 0.15) is 105 Å². The summed E-state index contributed by atoms with van der Waals surface area (Å²) in [6, 6.07) is 3.36. The summed E-state index contributed by atoms with van der Waals surface area (Å²) in [6.45, 7) is 11.0. The standard InChI is InChI=1S/C33H50FN3O3.C2HF3O2/c1-4-5-11-27-23-37(22-26-9-7-6-8-10-26)32(39)40-33(27)14-18-35(19-15-33)29-12-16-36(17-13-29)31(38)30-24(2)20-28(34)21-25(30)3;3-2(4,5)1(6)7/h20-21,26-27,29H,4-19,22-23H2,1-3H3;(H,6,7). The van der Waals surface area contributed by atoms with Crippen LogP contribution in [0.4, 0.5) is 22.4 Å². The van der Waals surface area contributed by atoms with Crippen LogP contribution in [-0.4, -0.2) is 94.9 Å². The lowest BCUT2D eigenvalue weighted by Crippen LogP contribution is -2.61. The molecule has 5 rings (SSSR count). The van der Waals surface area contributed by atoms with E-state index in [1.165, 1.54) is 57.1 Å². The molecule has 1 unspecified atom stereocenters. The van der Waals surface area contributed by atoms with E-state index in [1.807, 2.05) is 23.6 Å². The van der Waals surface area contributed by atoms with Crippen LogP contribution in [0.3, 0.4) is 0 Å². The van der Waals surface area contributed by atoms with E-state index in [0.29, 0.717) is 34.6 Å².